The number of fused-ring (bicyclic) bond motifs is 2. The van der Waals surface area contributed by atoms with Gasteiger partial charge in [-0.1, -0.05) is 38.2 Å². The SMILES string of the molecule is CCOC(=O)c1cc2cc(c1C(=O)OCC)CCCCCCCCC2. The van der Waals surface area contributed by atoms with Crippen LogP contribution in [0.25, 0.3) is 0 Å². The van der Waals surface area contributed by atoms with Crippen LogP contribution in [0.15, 0.2) is 12.1 Å². The molecule has 0 atom stereocenters. The van der Waals surface area contributed by atoms with Crippen LogP contribution >= 0.6 is 0 Å². The number of carbonyl (C=O) groups is 2. The van der Waals surface area contributed by atoms with E-state index in [4.69, 9.17) is 9.47 Å². The Hall–Kier alpha value is -1.84. The van der Waals surface area contributed by atoms with Crippen LogP contribution < -0.4 is 0 Å². The van der Waals surface area contributed by atoms with Gasteiger partial charge < -0.3 is 9.47 Å². The molecular weight excluding hydrogens is 316 g/mol. The van der Waals surface area contributed by atoms with E-state index in [1.165, 1.54) is 25.7 Å². The summed E-state index contributed by atoms with van der Waals surface area (Å²) in [5, 5.41) is 0. The maximum absolute atomic E-state index is 12.5. The van der Waals surface area contributed by atoms with Gasteiger partial charge >= 0.3 is 11.9 Å². The number of aryl methyl sites for hydroxylation is 2. The number of rotatable bonds is 4. The molecule has 1 aliphatic carbocycles. The number of carbonyl (C=O) groups excluding carboxylic acids is 2. The molecule has 25 heavy (non-hydrogen) atoms. The fraction of sp³-hybridized carbons (Fsp3) is 0.619. The quantitative estimate of drug-likeness (QED) is 0.730. The molecule has 0 radical (unpaired) electrons. The van der Waals surface area contributed by atoms with E-state index in [1.54, 1.807) is 13.8 Å². The van der Waals surface area contributed by atoms with Crippen molar-refractivity contribution in [3.05, 3.63) is 34.4 Å². The van der Waals surface area contributed by atoms with Gasteiger partial charge in [-0.25, -0.2) is 9.59 Å². The van der Waals surface area contributed by atoms with E-state index in [1.807, 2.05) is 6.07 Å². The fourth-order valence-corrected chi connectivity index (χ4v) is 3.45. The second kappa shape index (κ2) is 10.2. The van der Waals surface area contributed by atoms with Gasteiger partial charge in [0.25, 0.3) is 0 Å². The number of benzene rings is 1. The second-order valence-corrected chi connectivity index (χ2v) is 6.59. The molecule has 0 spiro atoms. The molecular formula is C21H30O4. The summed E-state index contributed by atoms with van der Waals surface area (Å²) in [5.74, 6) is -0.847. The first-order valence-corrected chi connectivity index (χ1v) is 9.67. The van der Waals surface area contributed by atoms with E-state index in [2.05, 4.69) is 6.07 Å². The molecule has 2 bridgehead atoms. The molecule has 2 rings (SSSR count). The smallest absolute Gasteiger partial charge is 0.339 e. The van der Waals surface area contributed by atoms with Gasteiger partial charge in [-0.2, -0.15) is 0 Å². The Labute approximate surface area is 150 Å². The summed E-state index contributed by atoms with van der Waals surface area (Å²) in [5.41, 5.74) is 2.82. The average molecular weight is 346 g/mol. The van der Waals surface area contributed by atoms with Gasteiger partial charge in [-0.3, -0.25) is 0 Å². The summed E-state index contributed by atoms with van der Waals surface area (Å²) >= 11 is 0. The van der Waals surface area contributed by atoms with E-state index in [0.717, 1.165) is 43.2 Å². The van der Waals surface area contributed by atoms with Gasteiger partial charge in [0.1, 0.15) is 0 Å². The van der Waals surface area contributed by atoms with Crippen LogP contribution in [0.1, 0.15) is 90.6 Å². The molecule has 1 aromatic rings. The van der Waals surface area contributed by atoms with Crippen LogP contribution in [0, 0.1) is 0 Å². The number of hydrogen-bond donors (Lipinski definition) is 0. The van der Waals surface area contributed by atoms with Crippen LogP contribution in [0.4, 0.5) is 0 Å². The largest absolute Gasteiger partial charge is 0.462 e. The Bertz CT molecular complexity index is 592. The molecule has 0 heterocycles. The summed E-state index contributed by atoms with van der Waals surface area (Å²) < 4.78 is 10.4. The minimum Gasteiger partial charge on any atom is -0.462 e. The van der Waals surface area contributed by atoms with Crippen LogP contribution in [-0.4, -0.2) is 25.2 Å². The second-order valence-electron chi connectivity index (χ2n) is 6.59. The van der Waals surface area contributed by atoms with Gasteiger partial charge in [0.15, 0.2) is 0 Å². The predicted molar refractivity (Wildman–Crippen MR) is 98.1 cm³/mol. The first kappa shape index (κ1) is 19.5. The standard InChI is InChI=1S/C21H30O4/c1-3-24-20(22)18-15-16-12-10-8-6-5-7-9-11-13-17(14-16)19(18)21(23)25-4-2/h14-15H,3-13H2,1-2H3. The van der Waals surface area contributed by atoms with E-state index in [9.17, 15) is 9.59 Å². The molecule has 0 saturated heterocycles. The Morgan fingerprint density at radius 2 is 1.36 bits per heavy atom. The molecule has 0 fully saturated rings. The summed E-state index contributed by atoms with van der Waals surface area (Å²) in [7, 11) is 0. The molecule has 4 nitrogen and oxygen atoms in total. The Morgan fingerprint density at radius 3 is 2.00 bits per heavy atom. The monoisotopic (exact) mass is 346 g/mol. The maximum Gasteiger partial charge on any atom is 0.339 e. The maximum atomic E-state index is 12.5. The number of hydrogen-bond acceptors (Lipinski definition) is 4. The van der Waals surface area contributed by atoms with Crippen LogP contribution in [0.5, 0.6) is 0 Å². The van der Waals surface area contributed by atoms with Crippen molar-refractivity contribution in [2.24, 2.45) is 0 Å². The summed E-state index contributed by atoms with van der Waals surface area (Å²) in [6.07, 6.45) is 10.0. The van der Waals surface area contributed by atoms with E-state index < -0.39 is 11.9 Å². The molecule has 1 aliphatic rings. The highest BCUT2D eigenvalue weighted by molar-refractivity contribution is 6.04. The minimum atomic E-state index is -0.430. The summed E-state index contributed by atoms with van der Waals surface area (Å²) in [6, 6.07) is 3.93. The Morgan fingerprint density at radius 1 is 0.800 bits per heavy atom. The molecule has 0 aliphatic heterocycles. The highest BCUT2D eigenvalue weighted by Gasteiger charge is 2.24. The van der Waals surface area contributed by atoms with E-state index >= 15 is 0 Å². The lowest BCUT2D eigenvalue weighted by Gasteiger charge is -2.16. The predicted octanol–water partition coefficient (Wildman–Crippen LogP) is 4.87. The van der Waals surface area contributed by atoms with Gasteiger partial charge in [0, 0.05) is 0 Å². The van der Waals surface area contributed by atoms with Crippen molar-refractivity contribution in [2.45, 2.75) is 71.6 Å². The Balaban J connectivity index is 2.45. The fourth-order valence-electron chi connectivity index (χ4n) is 3.45. The molecule has 0 unspecified atom stereocenters. The lowest BCUT2D eigenvalue weighted by atomic mass is 9.91. The topological polar surface area (TPSA) is 52.6 Å². The van der Waals surface area contributed by atoms with Crippen molar-refractivity contribution in [3.8, 4) is 0 Å². The molecule has 0 aromatic heterocycles. The van der Waals surface area contributed by atoms with Crippen molar-refractivity contribution in [1.82, 2.24) is 0 Å². The van der Waals surface area contributed by atoms with Crippen molar-refractivity contribution in [2.75, 3.05) is 13.2 Å². The zero-order valence-electron chi connectivity index (χ0n) is 15.6. The highest BCUT2D eigenvalue weighted by Crippen LogP contribution is 2.25. The summed E-state index contributed by atoms with van der Waals surface area (Å²) in [6.45, 7) is 4.14. The number of esters is 2. The molecule has 0 amide bonds. The van der Waals surface area contributed by atoms with Crippen molar-refractivity contribution >= 4 is 11.9 Å². The Kier molecular flexibility index (Phi) is 7.96. The molecule has 1 aromatic carbocycles. The van der Waals surface area contributed by atoms with Crippen molar-refractivity contribution in [3.63, 3.8) is 0 Å². The van der Waals surface area contributed by atoms with Gasteiger partial charge in [0.2, 0.25) is 0 Å². The third-order valence-corrected chi connectivity index (χ3v) is 4.67. The zero-order valence-corrected chi connectivity index (χ0v) is 15.6. The zero-order chi connectivity index (χ0) is 18.1. The van der Waals surface area contributed by atoms with Crippen LogP contribution in [0.3, 0.4) is 0 Å². The lowest BCUT2D eigenvalue weighted by molar-refractivity contribution is 0.0477. The minimum absolute atomic E-state index is 0.292. The first-order valence-electron chi connectivity index (χ1n) is 9.67. The third kappa shape index (κ3) is 5.58. The van der Waals surface area contributed by atoms with E-state index in [0.29, 0.717) is 24.3 Å². The lowest BCUT2D eigenvalue weighted by Crippen LogP contribution is -2.17. The van der Waals surface area contributed by atoms with Gasteiger partial charge in [-0.05, 0) is 56.7 Å². The first-order chi connectivity index (χ1) is 12.2. The van der Waals surface area contributed by atoms with E-state index in [-0.39, 0.29) is 0 Å². The van der Waals surface area contributed by atoms with Crippen LogP contribution in [0.2, 0.25) is 0 Å². The highest BCUT2D eigenvalue weighted by atomic mass is 16.5. The summed E-state index contributed by atoms with van der Waals surface area (Å²) in [4.78, 5) is 25.0. The van der Waals surface area contributed by atoms with Gasteiger partial charge in [0.05, 0.1) is 24.3 Å². The molecule has 0 saturated carbocycles. The molecule has 0 N–H and O–H groups in total. The normalized spacial score (nSPS) is 15.6. The number of ether oxygens (including phenoxy) is 2. The van der Waals surface area contributed by atoms with Crippen molar-refractivity contribution in [1.29, 1.82) is 0 Å². The average Bonchev–Trinajstić information content (AvgIpc) is 2.59. The third-order valence-electron chi connectivity index (χ3n) is 4.67. The molecule has 138 valence electrons. The molecule has 4 heteroatoms. The van der Waals surface area contributed by atoms with Gasteiger partial charge in [-0.15, -0.1) is 0 Å². The van der Waals surface area contributed by atoms with Crippen LogP contribution in [-0.2, 0) is 22.3 Å². The van der Waals surface area contributed by atoms with Crippen molar-refractivity contribution < 1.29 is 19.1 Å².